The van der Waals surface area contributed by atoms with Gasteiger partial charge in [-0.2, -0.15) is 0 Å². The number of ether oxygens (including phenoxy) is 1. The van der Waals surface area contributed by atoms with Gasteiger partial charge in [0.1, 0.15) is 5.75 Å². The zero-order valence-electron chi connectivity index (χ0n) is 13.3. The van der Waals surface area contributed by atoms with E-state index in [2.05, 4.69) is 19.9 Å². The highest BCUT2D eigenvalue weighted by molar-refractivity contribution is 6.32. The molecule has 0 aliphatic heterocycles. The minimum atomic E-state index is 0. The molecule has 128 valence electrons. The number of aromatic nitrogens is 4. The van der Waals surface area contributed by atoms with E-state index < -0.39 is 0 Å². The third-order valence-corrected chi connectivity index (χ3v) is 4.00. The van der Waals surface area contributed by atoms with Crippen LogP contribution in [0.25, 0.3) is 22.6 Å². The highest BCUT2D eigenvalue weighted by atomic mass is 35.5. The van der Waals surface area contributed by atoms with E-state index in [1.165, 1.54) is 6.20 Å². The fraction of sp³-hybridized carbons (Fsp3) is 0.0556. The van der Waals surface area contributed by atoms with Gasteiger partial charge in [-0.3, -0.25) is 0 Å². The van der Waals surface area contributed by atoms with Gasteiger partial charge in [-0.05, 0) is 36.8 Å². The van der Waals surface area contributed by atoms with Gasteiger partial charge >= 0.3 is 0 Å². The average molecular weight is 356 g/mol. The molecule has 2 heterocycles. The van der Waals surface area contributed by atoms with E-state index in [4.69, 9.17) is 22.1 Å². The van der Waals surface area contributed by atoms with Crippen molar-refractivity contribution >= 4 is 28.5 Å². The van der Waals surface area contributed by atoms with Gasteiger partial charge in [-0.1, -0.05) is 29.8 Å². The molecule has 0 aliphatic rings. The number of aryl methyl sites for hydroxylation is 1. The van der Waals surface area contributed by atoms with E-state index in [1.54, 1.807) is 12.1 Å². The monoisotopic (exact) mass is 355 g/mol. The lowest BCUT2D eigenvalue weighted by atomic mass is 10.2. The molecule has 0 spiro atoms. The number of rotatable bonds is 3. The zero-order valence-corrected chi connectivity index (χ0v) is 14.1. The Morgan fingerprint density at radius 3 is 2.84 bits per heavy atom. The Balaban J connectivity index is 0.00000131. The number of anilines is 1. The van der Waals surface area contributed by atoms with E-state index in [9.17, 15) is 0 Å². The first-order valence-corrected chi connectivity index (χ1v) is 7.99. The lowest BCUT2D eigenvalue weighted by molar-refractivity contribution is 0.461. The molecule has 7 heteroatoms. The molecule has 0 radical (unpaired) electrons. The van der Waals surface area contributed by atoms with E-state index in [-0.39, 0.29) is 14.6 Å². The quantitative estimate of drug-likeness (QED) is 0.548. The molecule has 0 aliphatic carbocycles. The van der Waals surface area contributed by atoms with Gasteiger partial charge in [0.15, 0.2) is 17.3 Å². The third kappa shape index (κ3) is 2.99. The molecular formula is C18H18ClN5O. The van der Waals surface area contributed by atoms with Crippen LogP contribution in [0.15, 0.2) is 48.7 Å². The van der Waals surface area contributed by atoms with Crippen LogP contribution in [0, 0.1) is 6.92 Å². The number of aromatic amines is 1. The minimum Gasteiger partial charge on any atom is -0.436 e. The molecule has 3 N–H and O–H groups in total. The summed E-state index contributed by atoms with van der Waals surface area (Å²) >= 11 is 6.11. The first kappa shape index (κ1) is 15.4. The molecule has 0 saturated carbocycles. The van der Waals surface area contributed by atoms with Crippen LogP contribution in [0.3, 0.4) is 0 Å². The second kappa shape index (κ2) is 6.07. The van der Waals surface area contributed by atoms with Crippen molar-refractivity contribution in [3.05, 3.63) is 59.2 Å². The Morgan fingerprint density at radius 2 is 2.00 bits per heavy atom. The zero-order chi connectivity index (χ0) is 17.4. The summed E-state index contributed by atoms with van der Waals surface area (Å²) in [6, 6.07) is 13.1. The molecule has 0 bridgehead atoms. The van der Waals surface area contributed by atoms with Crippen molar-refractivity contribution in [2.75, 3.05) is 5.73 Å². The predicted molar refractivity (Wildman–Crippen MR) is 102 cm³/mol. The maximum absolute atomic E-state index is 6.11. The van der Waals surface area contributed by atoms with Crippen molar-refractivity contribution in [2.24, 2.45) is 0 Å². The fourth-order valence-electron chi connectivity index (χ4n) is 2.48. The maximum Gasteiger partial charge on any atom is 0.238 e. The minimum absolute atomic E-state index is 0. The molecule has 2 aromatic heterocycles. The number of benzene rings is 2. The van der Waals surface area contributed by atoms with Crippen LogP contribution < -0.4 is 10.5 Å². The highest BCUT2D eigenvalue weighted by Crippen LogP contribution is 2.30. The first-order chi connectivity index (χ1) is 12.1. The smallest absolute Gasteiger partial charge is 0.238 e. The molecule has 0 unspecified atom stereocenters. The summed E-state index contributed by atoms with van der Waals surface area (Å²) in [5.74, 6) is 1.58. The number of nitrogen functional groups attached to an aromatic ring is 1. The number of nitrogens with one attached hydrogen (secondary N) is 1. The van der Waals surface area contributed by atoms with E-state index >= 15 is 0 Å². The van der Waals surface area contributed by atoms with Gasteiger partial charge < -0.3 is 15.5 Å². The number of halogens is 1. The number of hydrogen-bond donors (Lipinski definition) is 2. The number of fused-ring (bicyclic) bond motifs is 1. The molecular weight excluding hydrogens is 338 g/mol. The van der Waals surface area contributed by atoms with Gasteiger partial charge in [0, 0.05) is 2.85 Å². The van der Waals surface area contributed by atoms with Crippen molar-refractivity contribution in [2.45, 2.75) is 6.92 Å². The summed E-state index contributed by atoms with van der Waals surface area (Å²) in [5, 5.41) is 0.488. The maximum atomic E-state index is 6.11. The van der Waals surface area contributed by atoms with Crippen molar-refractivity contribution < 1.29 is 7.59 Å². The molecule has 25 heavy (non-hydrogen) atoms. The van der Waals surface area contributed by atoms with E-state index in [1.807, 2.05) is 37.3 Å². The highest BCUT2D eigenvalue weighted by Gasteiger charge is 2.14. The number of H-pyrrole nitrogens is 1. The summed E-state index contributed by atoms with van der Waals surface area (Å²) in [6.07, 6.45) is 1.45. The Hall–Kier alpha value is -3.12. The van der Waals surface area contributed by atoms with Gasteiger partial charge in [0.25, 0.3) is 0 Å². The van der Waals surface area contributed by atoms with Crippen LogP contribution >= 0.6 is 11.6 Å². The summed E-state index contributed by atoms with van der Waals surface area (Å²) in [7, 11) is 0. The second-order valence-corrected chi connectivity index (χ2v) is 5.99. The molecule has 0 atom stereocenters. The van der Waals surface area contributed by atoms with Crippen LogP contribution in [0.4, 0.5) is 5.82 Å². The lowest BCUT2D eigenvalue weighted by Crippen LogP contribution is -2.00. The van der Waals surface area contributed by atoms with Crippen molar-refractivity contribution in [3.63, 3.8) is 0 Å². The van der Waals surface area contributed by atoms with Gasteiger partial charge in [0.2, 0.25) is 5.88 Å². The average Bonchev–Trinajstić information content (AvgIpc) is 3.01. The van der Waals surface area contributed by atoms with Gasteiger partial charge in [-0.15, -0.1) is 0 Å². The molecule has 4 aromatic rings. The van der Waals surface area contributed by atoms with Crippen LogP contribution in [0.1, 0.15) is 8.42 Å². The molecule has 0 saturated heterocycles. The first-order valence-electron chi connectivity index (χ1n) is 7.62. The third-order valence-electron chi connectivity index (χ3n) is 3.69. The SMILES string of the molecule is Cc1ccc2nc(-c3nc(Oc4ccccc4Cl)cnc3N)[nH]c2c1.[HH].[HH]. The van der Waals surface area contributed by atoms with Crippen molar-refractivity contribution in [1.82, 2.24) is 19.9 Å². The summed E-state index contributed by atoms with van der Waals surface area (Å²) < 4.78 is 5.72. The number of nitrogens with zero attached hydrogens (tertiary/aromatic N) is 3. The molecule has 2 aromatic carbocycles. The summed E-state index contributed by atoms with van der Waals surface area (Å²) in [6.45, 7) is 2.02. The number of hydrogen-bond acceptors (Lipinski definition) is 5. The van der Waals surface area contributed by atoms with Gasteiger partial charge in [0.05, 0.1) is 22.3 Å². The molecule has 0 amide bonds. The van der Waals surface area contributed by atoms with Crippen LogP contribution in [0.5, 0.6) is 11.6 Å². The van der Waals surface area contributed by atoms with Crippen LogP contribution in [-0.4, -0.2) is 19.9 Å². The predicted octanol–water partition coefficient (Wildman–Crippen LogP) is 4.85. The lowest BCUT2D eigenvalue weighted by Gasteiger charge is -2.08. The Kier molecular flexibility index (Phi) is 3.74. The Labute approximate surface area is 151 Å². The molecule has 0 fully saturated rings. The number of para-hydroxylation sites is 1. The van der Waals surface area contributed by atoms with Crippen molar-refractivity contribution in [1.29, 1.82) is 0 Å². The standard InChI is InChI=1S/C18H14ClN5O.2H2/c1-10-6-7-12-13(8-10)23-18(22-12)16-17(20)21-9-15(24-16)25-14-5-3-2-4-11(14)19;;/h2-9H,1H3,(H2,20,21)(H,22,23);2*1H. The number of nitrogens with two attached hydrogens (primary N) is 1. The van der Waals surface area contributed by atoms with E-state index in [0.717, 1.165) is 16.6 Å². The van der Waals surface area contributed by atoms with Gasteiger partial charge in [-0.25, -0.2) is 15.0 Å². The largest absolute Gasteiger partial charge is 0.436 e. The van der Waals surface area contributed by atoms with Crippen LogP contribution in [0.2, 0.25) is 5.02 Å². The van der Waals surface area contributed by atoms with E-state index in [0.29, 0.717) is 22.3 Å². The fourth-order valence-corrected chi connectivity index (χ4v) is 2.66. The molecule has 6 nitrogen and oxygen atoms in total. The topological polar surface area (TPSA) is 89.7 Å². The number of imidazole rings is 1. The normalized spacial score (nSPS) is 11.0. The van der Waals surface area contributed by atoms with Crippen molar-refractivity contribution in [3.8, 4) is 23.1 Å². The van der Waals surface area contributed by atoms with Crippen LogP contribution in [-0.2, 0) is 0 Å². The second-order valence-electron chi connectivity index (χ2n) is 5.58. The Morgan fingerprint density at radius 1 is 1.16 bits per heavy atom. The summed E-state index contributed by atoms with van der Waals surface area (Å²) in [5.41, 5.74) is 9.29. The molecule has 4 rings (SSSR count). The Bertz CT molecular complexity index is 1090. The summed E-state index contributed by atoms with van der Waals surface area (Å²) in [4.78, 5) is 16.3.